The summed E-state index contributed by atoms with van der Waals surface area (Å²) in [5.74, 6) is 0.676. The molecule has 0 aliphatic rings. The SMILES string of the molecule is CC/C=C(C)\C=C(\C)C(C)C. The molecule has 0 bridgehead atoms. The Morgan fingerprint density at radius 1 is 1.27 bits per heavy atom. The first-order chi connectivity index (χ1) is 5.07. The first kappa shape index (κ1) is 10.5. The Labute approximate surface area is 71.0 Å². The molecule has 0 amide bonds. The van der Waals surface area contributed by atoms with Gasteiger partial charge in [0.05, 0.1) is 0 Å². The molecule has 0 unspecified atom stereocenters. The summed E-state index contributed by atoms with van der Waals surface area (Å²) in [5.41, 5.74) is 2.85. The lowest BCUT2D eigenvalue weighted by Crippen LogP contribution is -1.88. The minimum atomic E-state index is 0.676. The molecule has 11 heavy (non-hydrogen) atoms. The van der Waals surface area contributed by atoms with Crippen LogP contribution in [0.2, 0.25) is 0 Å². The van der Waals surface area contributed by atoms with Gasteiger partial charge in [-0.25, -0.2) is 0 Å². The minimum Gasteiger partial charge on any atom is -0.0819 e. The molecular weight excluding hydrogens is 132 g/mol. The van der Waals surface area contributed by atoms with E-state index in [0.717, 1.165) is 6.42 Å². The molecule has 0 N–H and O–H groups in total. The van der Waals surface area contributed by atoms with Crippen LogP contribution < -0.4 is 0 Å². The van der Waals surface area contributed by atoms with Gasteiger partial charge in [0, 0.05) is 0 Å². The summed E-state index contributed by atoms with van der Waals surface area (Å²) in [6.07, 6.45) is 5.66. The molecule has 0 heteroatoms. The van der Waals surface area contributed by atoms with Gasteiger partial charge in [-0.15, -0.1) is 0 Å². The molecular formula is C11H20. The molecule has 0 heterocycles. The highest BCUT2D eigenvalue weighted by Crippen LogP contribution is 2.11. The van der Waals surface area contributed by atoms with Crippen LogP contribution in [0.4, 0.5) is 0 Å². The first-order valence-corrected chi connectivity index (χ1v) is 4.42. The number of hydrogen-bond donors (Lipinski definition) is 0. The third kappa shape index (κ3) is 4.83. The number of allylic oxidation sites excluding steroid dienone is 4. The van der Waals surface area contributed by atoms with Crippen molar-refractivity contribution in [1.82, 2.24) is 0 Å². The van der Waals surface area contributed by atoms with E-state index in [9.17, 15) is 0 Å². The smallest absolute Gasteiger partial charge is 0.0260 e. The van der Waals surface area contributed by atoms with Crippen molar-refractivity contribution in [1.29, 1.82) is 0 Å². The molecule has 0 aliphatic carbocycles. The van der Waals surface area contributed by atoms with Crippen LogP contribution in [-0.2, 0) is 0 Å². The van der Waals surface area contributed by atoms with Crippen LogP contribution in [0.5, 0.6) is 0 Å². The lowest BCUT2D eigenvalue weighted by molar-refractivity contribution is 0.768. The van der Waals surface area contributed by atoms with Crippen LogP contribution in [0.15, 0.2) is 23.3 Å². The Balaban J connectivity index is 4.18. The molecule has 0 radical (unpaired) electrons. The highest BCUT2D eigenvalue weighted by molar-refractivity contribution is 5.21. The highest BCUT2D eigenvalue weighted by Gasteiger charge is 1.94. The fraction of sp³-hybridized carbons (Fsp3) is 0.636. The largest absolute Gasteiger partial charge is 0.0819 e. The number of rotatable bonds is 3. The average molecular weight is 152 g/mol. The van der Waals surface area contributed by atoms with Gasteiger partial charge in [-0.3, -0.25) is 0 Å². The van der Waals surface area contributed by atoms with Crippen LogP contribution in [0, 0.1) is 5.92 Å². The molecule has 0 atom stereocenters. The molecule has 0 spiro atoms. The standard InChI is InChI=1S/C11H20/c1-6-7-10(4)8-11(5)9(2)3/h7-9H,6H2,1-5H3/b10-7-,11-8-. The summed E-state index contributed by atoms with van der Waals surface area (Å²) < 4.78 is 0. The van der Waals surface area contributed by atoms with Crippen molar-refractivity contribution in [3.8, 4) is 0 Å². The molecule has 0 aromatic rings. The summed E-state index contributed by atoms with van der Waals surface area (Å²) >= 11 is 0. The van der Waals surface area contributed by atoms with Gasteiger partial charge in [0.15, 0.2) is 0 Å². The monoisotopic (exact) mass is 152 g/mol. The van der Waals surface area contributed by atoms with E-state index < -0.39 is 0 Å². The van der Waals surface area contributed by atoms with Crippen molar-refractivity contribution < 1.29 is 0 Å². The topological polar surface area (TPSA) is 0 Å². The van der Waals surface area contributed by atoms with E-state index in [4.69, 9.17) is 0 Å². The van der Waals surface area contributed by atoms with Crippen LogP contribution >= 0.6 is 0 Å². The molecule has 0 aromatic heterocycles. The quantitative estimate of drug-likeness (QED) is 0.537. The highest BCUT2D eigenvalue weighted by atomic mass is 14.0. The summed E-state index contributed by atoms with van der Waals surface area (Å²) in [7, 11) is 0. The van der Waals surface area contributed by atoms with E-state index in [1.54, 1.807) is 0 Å². The Hall–Kier alpha value is -0.520. The van der Waals surface area contributed by atoms with Gasteiger partial charge in [-0.1, -0.05) is 44.1 Å². The Kier molecular flexibility index (Phi) is 4.93. The van der Waals surface area contributed by atoms with E-state index >= 15 is 0 Å². The maximum atomic E-state index is 2.27. The lowest BCUT2D eigenvalue weighted by Gasteiger charge is -2.04. The number of hydrogen-bond acceptors (Lipinski definition) is 0. The summed E-state index contributed by atoms with van der Waals surface area (Å²) in [4.78, 5) is 0. The van der Waals surface area contributed by atoms with Gasteiger partial charge in [0.2, 0.25) is 0 Å². The van der Waals surface area contributed by atoms with Gasteiger partial charge in [-0.2, -0.15) is 0 Å². The van der Waals surface area contributed by atoms with Crippen molar-refractivity contribution in [3.63, 3.8) is 0 Å². The Morgan fingerprint density at radius 2 is 1.82 bits per heavy atom. The third-order valence-electron chi connectivity index (χ3n) is 1.89. The zero-order chi connectivity index (χ0) is 8.85. The van der Waals surface area contributed by atoms with E-state index in [0.29, 0.717) is 5.92 Å². The van der Waals surface area contributed by atoms with E-state index in [2.05, 4.69) is 46.8 Å². The van der Waals surface area contributed by atoms with Crippen molar-refractivity contribution in [2.24, 2.45) is 5.92 Å². The Morgan fingerprint density at radius 3 is 2.18 bits per heavy atom. The van der Waals surface area contributed by atoms with E-state index in [1.807, 2.05) is 0 Å². The molecule has 0 rings (SSSR count). The first-order valence-electron chi connectivity index (χ1n) is 4.42. The molecule has 0 aliphatic heterocycles. The second-order valence-electron chi connectivity index (χ2n) is 3.40. The second-order valence-corrected chi connectivity index (χ2v) is 3.40. The fourth-order valence-electron chi connectivity index (χ4n) is 0.907. The molecule has 0 saturated carbocycles. The van der Waals surface area contributed by atoms with E-state index in [1.165, 1.54) is 11.1 Å². The van der Waals surface area contributed by atoms with Gasteiger partial charge < -0.3 is 0 Å². The zero-order valence-electron chi connectivity index (χ0n) is 8.44. The summed E-state index contributed by atoms with van der Waals surface area (Å²) in [5, 5.41) is 0. The van der Waals surface area contributed by atoms with Crippen molar-refractivity contribution in [3.05, 3.63) is 23.3 Å². The molecule has 0 fully saturated rings. The Bertz CT molecular complexity index is 159. The van der Waals surface area contributed by atoms with Gasteiger partial charge in [0.25, 0.3) is 0 Å². The second kappa shape index (κ2) is 5.17. The average Bonchev–Trinajstić information content (AvgIpc) is 1.87. The lowest BCUT2D eigenvalue weighted by atomic mass is 10.0. The van der Waals surface area contributed by atoms with Crippen LogP contribution in [0.3, 0.4) is 0 Å². The maximum absolute atomic E-state index is 2.27. The molecule has 0 aromatic carbocycles. The summed E-state index contributed by atoms with van der Waals surface area (Å²) in [6, 6.07) is 0. The third-order valence-corrected chi connectivity index (χ3v) is 1.89. The van der Waals surface area contributed by atoms with Gasteiger partial charge >= 0.3 is 0 Å². The van der Waals surface area contributed by atoms with Crippen LogP contribution in [0.1, 0.15) is 41.0 Å². The molecule has 64 valence electrons. The molecule has 0 saturated heterocycles. The van der Waals surface area contributed by atoms with E-state index in [-0.39, 0.29) is 0 Å². The fourth-order valence-corrected chi connectivity index (χ4v) is 0.907. The predicted molar refractivity (Wildman–Crippen MR) is 52.6 cm³/mol. The van der Waals surface area contributed by atoms with Crippen molar-refractivity contribution >= 4 is 0 Å². The predicted octanol–water partition coefficient (Wildman–Crippen LogP) is 3.95. The van der Waals surface area contributed by atoms with Crippen molar-refractivity contribution in [2.45, 2.75) is 41.0 Å². The van der Waals surface area contributed by atoms with Crippen LogP contribution in [0.25, 0.3) is 0 Å². The van der Waals surface area contributed by atoms with Crippen molar-refractivity contribution in [2.75, 3.05) is 0 Å². The van der Waals surface area contributed by atoms with Crippen LogP contribution in [-0.4, -0.2) is 0 Å². The zero-order valence-corrected chi connectivity index (χ0v) is 8.44. The maximum Gasteiger partial charge on any atom is -0.0260 e. The normalized spacial score (nSPS) is 14.4. The van der Waals surface area contributed by atoms with Gasteiger partial charge in [0.1, 0.15) is 0 Å². The molecule has 0 nitrogen and oxygen atoms in total. The summed E-state index contributed by atoms with van der Waals surface area (Å²) in [6.45, 7) is 11.0. The van der Waals surface area contributed by atoms with Gasteiger partial charge in [-0.05, 0) is 26.2 Å². The minimum absolute atomic E-state index is 0.676.